The molecule has 9 heteroatoms. The van der Waals surface area contributed by atoms with Gasteiger partial charge < -0.3 is 20.9 Å². The van der Waals surface area contributed by atoms with Crippen LogP contribution in [0.3, 0.4) is 0 Å². The monoisotopic (exact) mass is 542 g/mol. The molecule has 1 spiro atoms. The second-order valence-corrected chi connectivity index (χ2v) is 12.3. The van der Waals surface area contributed by atoms with E-state index in [-0.39, 0.29) is 5.91 Å². The molecule has 4 aliphatic rings. The van der Waals surface area contributed by atoms with Crippen LogP contribution in [0.1, 0.15) is 55.4 Å². The maximum atomic E-state index is 12.5. The number of carbonyl (C=O) groups is 2. The molecule has 0 aromatic heterocycles. The number of hydrazone groups is 1. The molecular weight excluding hydrogens is 512 g/mol. The highest BCUT2D eigenvalue weighted by molar-refractivity contribution is 8.04. The number of amides is 3. The molecule has 39 heavy (non-hydrogen) atoms. The Balaban J connectivity index is 1.62. The lowest BCUT2D eigenvalue weighted by Gasteiger charge is -2.59. The summed E-state index contributed by atoms with van der Waals surface area (Å²) < 4.78 is 7.12. The van der Waals surface area contributed by atoms with Crippen LogP contribution in [0, 0.1) is 10.8 Å². The van der Waals surface area contributed by atoms with Crippen molar-refractivity contribution in [1.29, 1.82) is 0 Å². The Morgan fingerprint density at radius 2 is 1.92 bits per heavy atom. The van der Waals surface area contributed by atoms with Crippen LogP contribution in [0.25, 0.3) is 0 Å². The summed E-state index contributed by atoms with van der Waals surface area (Å²) in [5.74, 6) is 0.209. The number of allylic oxidation sites excluding steroid dienone is 3. The second kappa shape index (κ2) is 8.59. The van der Waals surface area contributed by atoms with Gasteiger partial charge in [0, 0.05) is 20.6 Å². The maximum absolute atomic E-state index is 12.5. The molecular formula is C30H30N4O4S. The molecule has 2 aliphatic heterocycles. The van der Waals surface area contributed by atoms with Gasteiger partial charge in [-0.05, 0) is 48.8 Å². The Kier molecular flexibility index (Phi) is 5.61. The summed E-state index contributed by atoms with van der Waals surface area (Å²) in [5, 5.41) is 17.9. The van der Waals surface area contributed by atoms with Gasteiger partial charge in [-0.3, -0.25) is 4.79 Å². The minimum atomic E-state index is -1.15. The number of rotatable bonds is 3. The lowest BCUT2D eigenvalue weighted by molar-refractivity contribution is 0.00750. The molecule has 5 N–H and O–H groups in total. The average Bonchev–Trinajstić information content (AvgIpc) is 3.17. The number of benzene rings is 2. The van der Waals surface area contributed by atoms with Gasteiger partial charge in [-0.1, -0.05) is 74.5 Å². The van der Waals surface area contributed by atoms with Gasteiger partial charge in [0.15, 0.2) is 11.8 Å². The smallest absolute Gasteiger partial charge is 0.332 e. The average molecular weight is 543 g/mol. The summed E-state index contributed by atoms with van der Waals surface area (Å²) in [7, 11) is 0. The first-order chi connectivity index (χ1) is 18.5. The number of hydrogen-bond acceptors (Lipinski definition) is 6. The Morgan fingerprint density at radius 1 is 1.18 bits per heavy atom. The number of fused-ring (bicyclic) bond motifs is 3. The number of nitrogens with one attached hydrogen (secondary N) is 2. The van der Waals surface area contributed by atoms with Crippen LogP contribution in [0.15, 0.2) is 86.7 Å². The fraction of sp³-hybridized carbons (Fsp3) is 0.300. The van der Waals surface area contributed by atoms with Gasteiger partial charge in [0.25, 0.3) is 5.91 Å². The number of thioether (sulfide) groups is 1. The highest BCUT2D eigenvalue weighted by Gasteiger charge is 2.63. The summed E-state index contributed by atoms with van der Waals surface area (Å²) >= 11 is 1.54. The van der Waals surface area contributed by atoms with Crippen LogP contribution in [0.4, 0.5) is 4.79 Å². The maximum Gasteiger partial charge on any atom is 0.332 e. The summed E-state index contributed by atoms with van der Waals surface area (Å²) in [5.41, 5.74) is 10.3. The number of nitrogens with zero attached hydrogens (tertiary/aromatic N) is 1. The first-order valence-corrected chi connectivity index (χ1v) is 13.6. The predicted molar refractivity (Wildman–Crippen MR) is 150 cm³/mol. The lowest BCUT2D eigenvalue weighted by atomic mass is 9.52. The number of carbonyl (C=O) groups excluding carboxylic acids is 2. The molecule has 2 heterocycles. The van der Waals surface area contributed by atoms with Crippen LogP contribution in [0.5, 0.6) is 5.75 Å². The van der Waals surface area contributed by atoms with E-state index < -0.39 is 28.7 Å². The van der Waals surface area contributed by atoms with Gasteiger partial charge in [-0.15, -0.1) is 0 Å². The fourth-order valence-electron chi connectivity index (χ4n) is 6.36. The quantitative estimate of drug-likeness (QED) is 0.417. The molecule has 2 aromatic rings. The van der Waals surface area contributed by atoms with Gasteiger partial charge in [0.2, 0.25) is 0 Å². The van der Waals surface area contributed by atoms with E-state index in [1.165, 1.54) is 11.8 Å². The number of urea groups is 1. The van der Waals surface area contributed by atoms with Crippen molar-refractivity contribution >= 4 is 29.4 Å². The molecule has 2 aromatic carbocycles. The number of aliphatic hydroxyl groups excluding tert-OH is 1. The van der Waals surface area contributed by atoms with Gasteiger partial charge in [-0.2, -0.15) is 5.10 Å². The van der Waals surface area contributed by atoms with Crippen LogP contribution >= 0.6 is 11.8 Å². The predicted octanol–water partition coefficient (Wildman–Crippen LogP) is 4.73. The van der Waals surface area contributed by atoms with Crippen LogP contribution in [-0.2, 0) is 6.42 Å². The van der Waals surface area contributed by atoms with Gasteiger partial charge in [-0.25, -0.2) is 10.2 Å². The van der Waals surface area contributed by atoms with Crippen molar-refractivity contribution in [3.05, 3.63) is 93.4 Å². The fourth-order valence-corrected chi connectivity index (χ4v) is 7.53. The zero-order chi connectivity index (χ0) is 27.7. The third kappa shape index (κ3) is 3.60. The Bertz CT molecular complexity index is 1560. The van der Waals surface area contributed by atoms with E-state index in [2.05, 4.69) is 61.8 Å². The van der Waals surface area contributed by atoms with Crippen LogP contribution < -0.4 is 21.2 Å². The normalized spacial score (nSPS) is 28.9. The van der Waals surface area contributed by atoms with E-state index in [1.54, 1.807) is 6.07 Å². The van der Waals surface area contributed by atoms with E-state index in [9.17, 15) is 14.7 Å². The zero-order valence-electron chi connectivity index (χ0n) is 22.2. The number of ether oxygens (including phenoxy) is 1. The number of aliphatic hydroxyl groups is 1. The van der Waals surface area contributed by atoms with Crippen molar-refractivity contribution in [2.45, 2.75) is 50.8 Å². The molecule has 3 atom stereocenters. The summed E-state index contributed by atoms with van der Waals surface area (Å²) in [4.78, 5) is 26.1. The molecule has 3 amide bonds. The largest absolute Gasteiger partial charge is 0.477 e. The Hall–Kier alpha value is -3.82. The molecule has 200 valence electrons. The summed E-state index contributed by atoms with van der Waals surface area (Å²) in [6.45, 7) is 8.43. The minimum absolute atomic E-state index is 0.322. The first-order valence-electron chi connectivity index (χ1n) is 12.8. The van der Waals surface area contributed by atoms with Crippen molar-refractivity contribution in [2.75, 3.05) is 0 Å². The van der Waals surface area contributed by atoms with Crippen molar-refractivity contribution < 1.29 is 19.4 Å². The molecule has 0 saturated heterocycles. The molecule has 8 nitrogen and oxygen atoms in total. The first kappa shape index (κ1) is 25.5. The van der Waals surface area contributed by atoms with E-state index in [0.29, 0.717) is 29.0 Å². The third-order valence-electron chi connectivity index (χ3n) is 8.54. The highest BCUT2D eigenvalue weighted by atomic mass is 32.2. The number of nitrogens with two attached hydrogens (primary N) is 1. The lowest BCUT2D eigenvalue weighted by Crippen LogP contribution is -2.62. The summed E-state index contributed by atoms with van der Waals surface area (Å²) in [6, 6.07) is 12.9. The topological polar surface area (TPSA) is 126 Å². The third-order valence-corrected chi connectivity index (χ3v) is 9.58. The zero-order valence-corrected chi connectivity index (χ0v) is 23.0. The molecule has 0 radical (unpaired) electrons. The van der Waals surface area contributed by atoms with E-state index in [0.717, 1.165) is 26.5 Å². The van der Waals surface area contributed by atoms with Crippen LogP contribution in [0.2, 0.25) is 0 Å². The standard InChI is InChI=1S/C30H30N4O4S/c1-16-10-13-21-28(2,3)24(33-34-27(31)37)20(39-18-8-6-5-7-9-18)15-30(21)29(16,4)14-17-11-12-19-22(23(17)38-30)26(36)32-25(19)35/h5-13,15,26,36H,14H2,1-4H3,(H,32,35)(H3,31,34,37). The van der Waals surface area contributed by atoms with E-state index in [4.69, 9.17) is 10.5 Å². The molecule has 6 rings (SSSR count). The van der Waals surface area contributed by atoms with Crippen molar-refractivity contribution in [3.63, 3.8) is 0 Å². The van der Waals surface area contributed by atoms with Gasteiger partial charge >= 0.3 is 6.03 Å². The number of hydrogen-bond donors (Lipinski definition) is 4. The summed E-state index contributed by atoms with van der Waals surface area (Å²) in [6.07, 6.45) is 5.79. The molecule has 0 saturated carbocycles. The molecule has 0 bridgehead atoms. The second-order valence-electron chi connectivity index (χ2n) is 11.2. The van der Waals surface area contributed by atoms with E-state index >= 15 is 0 Å². The molecule has 0 fully saturated rings. The highest BCUT2D eigenvalue weighted by Crippen LogP contribution is 2.63. The van der Waals surface area contributed by atoms with Crippen molar-refractivity contribution in [1.82, 2.24) is 10.7 Å². The minimum Gasteiger partial charge on any atom is -0.477 e. The molecule has 3 unspecified atom stereocenters. The van der Waals surface area contributed by atoms with Gasteiger partial charge in [0.05, 0.1) is 16.8 Å². The van der Waals surface area contributed by atoms with Gasteiger partial charge in [0.1, 0.15) is 5.75 Å². The van der Waals surface area contributed by atoms with E-state index in [1.807, 2.05) is 36.4 Å². The SMILES string of the molecule is CC1=CC=C2C(C)(C)C(=NNC(N)=O)C(Sc3ccccc3)=CC23Oc2c(ccc4c2C(O)NC4=O)CC13C. The number of primary amides is 1. The van der Waals surface area contributed by atoms with Crippen molar-refractivity contribution in [2.24, 2.45) is 21.7 Å². The Morgan fingerprint density at radius 3 is 2.64 bits per heavy atom. The molecule has 2 aliphatic carbocycles. The Labute approximate surface area is 231 Å². The van der Waals surface area contributed by atoms with Crippen LogP contribution in [-0.4, -0.2) is 28.4 Å². The van der Waals surface area contributed by atoms with Crippen molar-refractivity contribution in [3.8, 4) is 5.75 Å².